The van der Waals surface area contributed by atoms with Crippen LogP contribution in [0.5, 0.6) is 0 Å². The van der Waals surface area contributed by atoms with Crippen LogP contribution in [-0.2, 0) is 6.54 Å². The third kappa shape index (κ3) is 3.16. The molecule has 0 atom stereocenters. The molecule has 0 saturated heterocycles. The van der Waals surface area contributed by atoms with Gasteiger partial charge in [-0.25, -0.2) is 4.79 Å². The minimum Gasteiger partial charge on any atom is -0.477 e. The summed E-state index contributed by atoms with van der Waals surface area (Å²) < 4.78 is 1.77. The Morgan fingerprint density at radius 2 is 1.79 bits per heavy atom. The molecule has 0 spiro atoms. The Kier molecular flexibility index (Phi) is 3.56. The van der Waals surface area contributed by atoms with E-state index in [4.69, 9.17) is 10.8 Å². The average Bonchev–Trinajstić information content (AvgIpc) is 2.39. The lowest BCUT2D eigenvalue weighted by Gasteiger charge is -2.00. The fourth-order valence-electron chi connectivity index (χ4n) is 1.73. The quantitative estimate of drug-likeness (QED) is 0.795. The van der Waals surface area contributed by atoms with Gasteiger partial charge in [0.05, 0.1) is 0 Å². The topological polar surface area (TPSA) is 84.3 Å². The number of rotatable bonds is 4. The van der Waals surface area contributed by atoms with Gasteiger partial charge in [0.25, 0.3) is 0 Å². The van der Waals surface area contributed by atoms with E-state index in [1.807, 2.05) is 0 Å². The van der Waals surface area contributed by atoms with Crippen LogP contribution in [0.4, 0.5) is 0 Å². The van der Waals surface area contributed by atoms with Crippen molar-refractivity contribution in [1.29, 1.82) is 0 Å². The van der Waals surface area contributed by atoms with Gasteiger partial charge < -0.3 is 10.8 Å². The lowest BCUT2D eigenvalue weighted by molar-refractivity contribution is -0.688. The molecule has 0 radical (unpaired) electrons. The number of nitrogens with two attached hydrogens (primary N) is 1. The van der Waals surface area contributed by atoms with Crippen molar-refractivity contribution >= 4 is 11.9 Å². The van der Waals surface area contributed by atoms with E-state index in [2.05, 4.69) is 0 Å². The first kappa shape index (κ1) is 12.8. The van der Waals surface area contributed by atoms with Gasteiger partial charge in [-0.15, -0.1) is 0 Å². The summed E-state index contributed by atoms with van der Waals surface area (Å²) >= 11 is 0. The van der Waals surface area contributed by atoms with Crippen LogP contribution < -0.4 is 10.3 Å². The van der Waals surface area contributed by atoms with Gasteiger partial charge in [0.2, 0.25) is 5.91 Å². The van der Waals surface area contributed by atoms with E-state index in [-0.39, 0.29) is 5.56 Å². The molecule has 0 aliphatic heterocycles. The number of carboxylic acids is 1. The molecule has 2 aromatic rings. The molecule has 1 amide bonds. The number of hydrogen-bond donors (Lipinski definition) is 2. The number of hydrogen-bond acceptors (Lipinski definition) is 2. The van der Waals surface area contributed by atoms with Crippen molar-refractivity contribution in [2.75, 3.05) is 0 Å². The van der Waals surface area contributed by atoms with Crippen molar-refractivity contribution in [3.05, 3.63) is 65.5 Å². The molecule has 0 saturated carbocycles. The van der Waals surface area contributed by atoms with Gasteiger partial charge >= 0.3 is 5.97 Å². The number of aromatic nitrogens is 1. The molecule has 1 aromatic carbocycles. The van der Waals surface area contributed by atoms with Gasteiger partial charge in [0.1, 0.15) is 5.56 Å². The molecule has 96 valence electrons. The standard InChI is InChI=1S/C14H12N2O3/c15-13(17)11-5-3-10(4-6-11)8-16-7-1-2-12(9-16)14(18)19/h1-7,9H,8H2,(H2-,15,17,18,19)/p+1. The third-order valence-corrected chi connectivity index (χ3v) is 2.71. The summed E-state index contributed by atoms with van der Waals surface area (Å²) in [7, 11) is 0. The van der Waals surface area contributed by atoms with E-state index in [0.717, 1.165) is 5.56 Å². The molecule has 0 fully saturated rings. The van der Waals surface area contributed by atoms with Gasteiger partial charge in [0, 0.05) is 17.2 Å². The largest absolute Gasteiger partial charge is 0.477 e. The molecular formula is C14H13N2O3+. The smallest absolute Gasteiger partial charge is 0.341 e. The first-order valence-electron chi connectivity index (χ1n) is 5.67. The highest BCUT2D eigenvalue weighted by Gasteiger charge is 2.09. The molecule has 5 heteroatoms. The molecular weight excluding hydrogens is 244 g/mol. The van der Waals surface area contributed by atoms with Crippen molar-refractivity contribution in [2.24, 2.45) is 5.73 Å². The Morgan fingerprint density at radius 3 is 2.37 bits per heavy atom. The highest BCUT2D eigenvalue weighted by atomic mass is 16.4. The summed E-state index contributed by atoms with van der Waals surface area (Å²) in [6.07, 6.45) is 3.35. The van der Waals surface area contributed by atoms with Crippen LogP contribution in [0.25, 0.3) is 0 Å². The van der Waals surface area contributed by atoms with Crippen LogP contribution in [-0.4, -0.2) is 17.0 Å². The maximum Gasteiger partial charge on any atom is 0.341 e. The number of benzene rings is 1. The van der Waals surface area contributed by atoms with Gasteiger partial charge in [-0.2, -0.15) is 4.57 Å². The van der Waals surface area contributed by atoms with Crippen molar-refractivity contribution in [2.45, 2.75) is 6.54 Å². The van der Waals surface area contributed by atoms with Crippen LogP contribution in [0.2, 0.25) is 0 Å². The van der Waals surface area contributed by atoms with E-state index >= 15 is 0 Å². The summed E-state index contributed by atoms with van der Waals surface area (Å²) in [6, 6.07) is 10.1. The third-order valence-electron chi connectivity index (χ3n) is 2.71. The Bertz CT molecular complexity index is 621. The van der Waals surface area contributed by atoms with Crippen molar-refractivity contribution in [1.82, 2.24) is 0 Å². The van der Waals surface area contributed by atoms with Crippen LogP contribution in [0.1, 0.15) is 26.3 Å². The first-order valence-corrected chi connectivity index (χ1v) is 5.67. The molecule has 3 N–H and O–H groups in total. The molecule has 19 heavy (non-hydrogen) atoms. The fourth-order valence-corrected chi connectivity index (χ4v) is 1.73. The maximum absolute atomic E-state index is 10.9. The van der Waals surface area contributed by atoms with Crippen LogP contribution in [0.3, 0.4) is 0 Å². The van der Waals surface area contributed by atoms with Gasteiger partial charge in [-0.3, -0.25) is 4.79 Å². The molecule has 1 heterocycles. The lowest BCUT2D eigenvalue weighted by Crippen LogP contribution is -2.34. The normalized spacial score (nSPS) is 10.1. The Morgan fingerprint density at radius 1 is 1.11 bits per heavy atom. The van der Waals surface area contributed by atoms with Crippen molar-refractivity contribution < 1.29 is 19.3 Å². The molecule has 0 bridgehead atoms. The molecule has 0 unspecified atom stereocenters. The monoisotopic (exact) mass is 257 g/mol. The van der Waals surface area contributed by atoms with Crippen molar-refractivity contribution in [3.63, 3.8) is 0 Å². The highest BCUT2D eigenvalue weighted by molar-refractivity contribution is 5.92. The molecule has 2 rings (SSSR count). The molecule has 1 aromatic heterocycles. The van der Waals surface area contributed by atoms with E-state index in [9.17, 15) is 9.59 Å². The lowest BCUT2D eigenvalue weighted by atomic mass is 10.1. The number of carbonyl (C=O) groups excluding carboxylic acids is 1. The summed E-state index contributed by atoms with van der Waals surface area (Å²) in [5.41, 5.74) is 6.80. The summed E-state index contributed by atoms with van der Waals surface area (Å²) in [6.45, 7) is 0.528. The van der Waals surface area contributed by atoms with E-state index in [0.29, 0.717) is 12.1 Å². The van der Waals surface area contributed by atoms with Crippen molar-refractivity contribution in [3.8, 4) is 0 Å². The number of nitrogens with zero attached hydrogens (tertiary/aromatic N) is 1. The minimum atomic E-state index is -0.960. The van der Waals surface area contributed by atoms with E-state index < -0.39 is 11.9 Å². The number of carbonyl (C=O) groups is 2. The number of carboxylic acid groups (broad SMARTS) is 1. The highest BCUT2D eigenvalue weighted by Crippen LogP contribution is 2.04. The number of amides is 1. The average molecular weight is 257 g/mol. The molecule has 0 aliphatic rings. The zero-order valence-corrected chi connectivity index (χ0v) is 10.1. The fraction of sp³-hybridized carbons (Fsp3) is 0.0714. The second-order valence-corrected chi connectivity index (χ2v) is 4.13. The second-order valence-electron chi connectivity index (χ2n) is 4.13. The Hall–Kier alpha value is -2.69. The zero-order chi connectivity index (χ0) is 13.8. The van der Waals surface area contributed by atoms with Crippen LogP contribution >= 0.6 is 0 Å². The van der Waals surface area contributed by atoms with Gasteiger partial charge in [-0.1, -0.05) is 12.1 Å². The number of aromatic carboxylic acids is 1. The minimum absolute atomic E-state index is 0.233. The summed E-state index contributed by atoms with van der Waals surface area (Å²) in [5, 5.41) is 8.91. The predicted molar refractivity (Wildman–Crippen MR) is 67.7 cm³/mol. The Balaban J connectivity index is 2.19. The van der Waals surface area contributed by atoms with Crippen LogP contribution in [0, 0.1) is 0 Å². The Labute approximate surface area is 109 Å². The van der Waals surface area contributed by atoms with Gasteiger partial charge in [-0.05, 0) is 18.2 Å². The van der Waals surface area contributed by atoms with Gasteiger partial charge in [0.15, 0.2) is 18.9 Å². The molecule has 0 aliphatic carbocycles. The maximum atomic E-state index is 10.9. The predicted octanol–water partition coefficient (Wildman–Crippen LogP) is 0.819. The van der Waals surface area contributed by atoms with E-state index in [1.54, 1.807) is 47.3 Å². The molecule has 5 nitrogen and oxygen atoms in total. The van der Waals surface area contributed by atoms with E-state index in [1.165, 1.54) is 6.07 Å². The summed E-state index contributed by atoms with van der Waals surface area (Å²) in [5.74, 6) is -1.43. The summed E-state index contributed by atoms with van der Waals surface area (Å²) in [4.78, 5) is 21.8. The first-order chi connectivity index (χ1) is 9.06. The zero-order valence-electron chi connectivity index (χ0n) is 10.1. The van der Waals surface area contributed by atoms with Crippen LogP contribution in [0.15, 0.2) is 48.8 Å². The SMILES string of the molecule is NC(=O)c1ccc(C[n+]2cccc(C(=O)O)c2)cc1. The second kappa shape index (κ2) is 5.30. The number of primary amides is 1. The number of pyridine rings is 1.